The van der Waals surface area contributed by atoms with Crippen molar-refractivity contribution in [2.45, 2.75) is 19.8 Å². The molecule has 0 aliphatic carbocycles. The number of thiophene rings is 1. The molecular weight excluding hydrogens is 248 g/mol. The van der Waals surface area contributed by atoms with Gasteiger partial charge in [-0.15, -0.1) is 11.3 Å². The van der Waals surface area contributed by atoms with Gasteiger partial charge in [-0.3, -0.25) is 9.59 Å². The molecule has 0 aliphatic heterocycles. The van der Waals surface area contributed by atoms with E-state index in [1.165, 1.54) is 11.3 Å². The third kappa shape index (κ3) is 2.22. The van der Waals surface area contributed by atoms with E-state index >= 15 is 0 Å². The number of hydrogen-bond acceptors (Lipinski definition) is 3. The Hall–Kier alpha value is -1.88. The molecule has 5 heteroatoms. The molecule has 94 valence electrons. The molecule has 0 saturated carbocycles. The van der Waals surface area contributed by atoms with Gasteiger partial charge in [-0.2, -0.15) is 0 Å². The predicted molar refractivity (Wildman–Crippen MR) is 73.0 cm³/mol. The van der Waals surface area contributed by atoms with E-state index in [4.69, 9.17) is 5.73 Å². The standard InChI is InChI=1S/C13H14N2O2S/c1-7(2)8-6-9(10-4-3-5-18-10)15-13(17)11(8)12(14)16/h3-7H,1-2H3,(H2,14,16)(H,15,17). The number of aromatic nitrogens is 1. The quantitative estimate of drug-likeness (QED) is 0.890. The molecule has 0 aromatic carbocycles. The first-order valence-electron chi connectivity index (χ1n) is 5.61. The first kappa shape index (κ1) is 12.6. The van der Waals surface area contributed by atoms with Gasteiger partial charge in [-0.1, -0.05) is 19.9 Å². The molecule has 1 amide bonds. The van der Waals surface area contributed by atoms with Crippen molar-refractivity contribution in [1.29, 1.82) is 0 Å². The third-order valence-corrected chi connectivity index (χ3v) is 3.62. The molecular formula is C13H14N2O2S. The highest BCUT2D eigenvalue weighted by atomic mass is 32.1. The number of rotatable bonds is 3. The first-order valence-corrected chi connectivity index (χ1v) is 6.49. The Kier molecular flexibility index (Phi) is 3.34. The van der Waals surface area contributed by atoms with Crippen LogP contribution in [0.5, 0.6) is 0 Å². The fourth-order valence-corrected chi connectivity index (χ4v) is 2.55. The molecule has 0 spiro atoms. The monoisotopic (exact) mass is 262 g/mol. The van der Waals surface area contributed by atoms with E-state index in [1.54, 1.807) is 0 Å². The number of H-pyrrole nitrogens is 1. The number of carbonyl (C=O) groups excluding carboxylic acids is 1. The van der Waals surface area contributed by atoms with Crippen LogP contribution in [-0.2, 0) is 0 Å². The molecule has 0 bridgehead atoms. The Morgan fingerprint density at radius 3 is 2.67 bits per heavy atom. The van der Waals surface area contributed by atoms with E-state index in [-0.39, 0.29) is 11.5 Å². The summed E-state index contributed by atoms with van der Waals surface area (Å²) in [6, 6.07) is 5.66. The van der Waals surface area contributed by atoms with Crippen LogP contribution in [-0.4, -0.2) is 10.9 Å². The van der Waals surface area contributed by atoms with Crippen molar-refractivity contribution in [3.63, 3.8) is 0 Å². The Morgan fingerprint density at radius 2 is 2.17 bits per heavy atom. The van der Waals surface area contributed by atoms with Gasteiger partial charge in [0.25, 0.3) is 11.5 Å². The molecule has 2 rings (SSSR count). The fourth-order valence-electron chi connectivity index (χ4n) is 1.85. The van der Waals surface area contributed by atoms with Crippen LogP contribution in [0.1, 0.15) is 35.7 Å². The summed E-state index contributed by atoms with van der Waals surface area (Å²) < 4.78 is 0. The maximum absolute atomic E-state index is 12.0. The van der Waals surface area contributed by atoms with Gasteiger partial charge in [0, 0.05) is 0 Å². The second-order valence-corrected chi connectivity index (χ2v) is 5.29. The molecule has 0 saturated heterocycles. The van der Waals surface area contributed by atoms with E-state index in [0.29, 0.717) is 5.56 Å². The highest BCUT2D eigenvalue weighted by Crippen LogP contribution is 2.26. The van der Waals surface area contributed by atoms with Crippen LogP contribution in [0.15, 0.2) is 28.4 Å². The number of amides is 1. The lowest BCUT2D eigenvalue weighted by Gasteiger charge is -2.11. The van der Waals surface area contributed by atoms with Crippen molar-refractivity contribution in [3.8, 4) is 10.6 Å². The molecule has 0 unspecified atom stereocenters. The summed E-state index contributed by atoms with van der Waals surface area (Å²) in [5.41, 5.74) is 6.32. The van der Waals surface area contributed by atoms with Gasteiger partial charge in [0.15, 0.2) is 0 Å². The van der Waals surface area contributed by atoms with Gasteiger partial charge < -0.3 is 10.7 Å². The van der Waals surface area contributed by atoms with Crippen molar-refractivity contribution in [2.75, 3.05) is 0 Å². The van der Waals surface area contributed by atoms with Gasteiger partial charge >= 0.3 is 0 Å². The Balaban J connectivity index is 2.69. The largest absolute Gasteiger partial charge is 0.365 e. The molecule has 0 atom stereocenters. The second-order valence-electron chi connectivity index (χ2n) is 4.34. The molecule has 0 fully saturated rings. The lowest BCUT2D eigenvalue weighted by atomic mass is 9.97. The number of nitrogens with one attached hydrogen (secondary N) is 1. The topological polar surface area (TPSA) is 75.9 Å². The fraction of sp³-hybridized carbons (Fsp3) is 0.231. The summed E-state index contributed by atoms with van der Waals surface area (Å²) in [6.07, 6.45) is 0. The van der Waals surface area contributed by atoms with Gasteiger partial charge in [0.05, 0.1) is 10.6 Å². The Morgan fingerprint density at radius 1 is 1.44 bits per heavy atom. The molecule has 0 aliphatic rings. The number of nitrogens with two attached hydrogens (primary N) is 1. The number of hydrogen-bond donors (Lipinski definition) is 2. The number of pyridine rings is 1. The molecule has 2 aromatic heterocycles. The van der Waals surface area contributed by atoms with Crippen LogP contribution in [0.4, 0.5) is 0 Å². The summed E-state index contributed by atoms with van der Waals surface area (Å²) in [6.45, 7) is 3.86. The number of carbonyl (C=O) groups is 1. The second kappa shape index (κ2) is 4.78. The van der Waals surface area contributed by atoms with E-state index in [0.717, 1.165) is 10.6 Å². The van der Waals surface area contributed by atoms with Crippen molar-refractivity contribution >= 4 is 17.2 Å². The normalized spacial score (nSPS) is 10.8. The van der Waals surface area contributed by atoms with Crippen molar-refractivity contribution in [1.82, 2.24) is 4.98 Å². The molecule has 4 nitrogen and oxygen atoms in total. The van der Waals surface area contributed by atoms with Crippen LogP contribution >= 0.6 is 11.3 Å². The summed E-state index contributed by atoms with van der Waals surface area (Å²) >= 11 is 1.53. The van der Waals surface area contributed by atoms with Gasteiger partial charge in [0.2, 0.25) is 0 Å². The lowest BCUT2D eigenvalue weighted by Crippen LogP contribution is -2.26. The smallest absolute Gasteiger partial charge is 0.261 e. The zero-order chi connectivity index (χ0) is 13.3. The van der Waals surface area contributed by atoms with Crippen molar-refractivity contribution < 1.29 is 4.79 Å². The zero-order valence-corrected chi connectivity index (χ0v) is 11.0. The highest BCUT2D eigenvalue weighted by molar-refractivity contribution is 7.13. The minimum absolute atomic E-state index is 0.0605. The summed E-state index contributed by atoms with van der Waals surface area (Å²) in [5.74, 6) is -0.619. The Bertz CT molecular complexity index is 627. The number of primary amides is 1. The zero-order valence-electron chi connectivity index (χ0n) is 10.2. The molecule has 2 heterocycles. The third-order valence-electron chi connectivity index (χ3n) is 2.72. The van der Waals surface area contributed by atoms with E-state index in [9.17, 15) is 9.59 Å². The molecule has 2 aromatic rings. The molecule has 18 heavy (non-hydrogen) atoms. The summed E-state index contributed by atoms with van der Waals surface area (Å²) in [5, 5.41) is 1.94. The maximum Gasteiger partial charge on any atom is 0.261 e. The maximum atomic E-state index is 12.0. The lowest BCUT2D eigenvalue weighted by molar-refractivity contribution is 0.0997. The van der Waals surface area contributed by atoms with E-state index < -0.39 is 11.5 Å². The average molecular weight is 262 g/mol. The van der Waals surface area contributed by atoms with Gasteiger partial charge in [0.1, 0.15) is 5.56 Å². The minimum atomic E-state index is -0.683. The van der Waals surface area contributed by atoms with Crippen LogP contribution in [0, 0.1) is 0 Å². The van der Waals surface area contributed by atoms with Crippen LogP contribution in [0.2, 0.25) is 0 Å². The van der Waals surface area contributed by atoms with Crippen molar-refractivity contribution in [3.05, 3.63) is 45.1 Å². The van der Waals surface area contributed by atoms with E-state index in [2.05, 4.69) is 4.98 Å². The molecule has 3 N–H and O–H groups in total. The highest BCUT2D eigenvalue weighted by Gasteiger charge is 2.17. The van der Waals surface area contributed by atoms with Crippen molar-refractivity contribution in [2.24, 2.45) is 5.73 Å². The van der Waals surface area contributed by atoms with E-state index in [1.807, 2.05) is 37.4 Å². The predicted octanol–water partition coefficient (Wildman–Crippen LogP) is 2.33. The molecule has 0 radical (unpaired) electrons. The van der Waals surface area contributed by atoms with Crippen LogP contribution in [0.3, 0.4) is 0 Å². The Labute approximate surface area is 108 Å². The summed E-state index contributed by atoms with van der Waals surface area (Å²) in [7, 11) is 0. The SMILES string of the molecule is CC(C)c1cc(-c2cccs2)[nH]c(=O)c1C(N)=O. The summed E-state index contributed by atoms with van der Waals surface area (Å²) in [4.78, 5) is 27.0. The number of aromatic amines is 1. The van der Waals surface area contributed by atoms with Crippen LogP contribution < -0.4 is 11.3 Å². The van der Waals surface area contributed by atoms with Gasteiger partial charge in [-0.05, 0) is 29.0 Å². The van der Waals surface area contributed by atoms with Crippen LogP contribution in [0.25, 0.3) is 10.6 Å². The first-order chi connectivity index (χ1) is 8.50. The average Bonchev–Trinajstić information content (AvgIpc) is 2.80. The minimum Gasteiger partial charge on any atom is -0.365 e. The van der Waals surface area contributed by atoms with Gasteiger partial charge in [-0.25, -0.2) is 0 Å².